The van der Waals surface area contributed by atoms with Crippen molar-refractivity contribution in [3.8, 4) is 11.5 Å². The molecule has 1 atom stereocenters. The van der Waals surface area contributed by atoms with Crippen LogP contribution < -0.4 is 0 Å². The van der Waals surface area contributed by atoms with Crippen molar-refractivity contribution in [1.29, 1.82) is 0 Å². The number of hydrogen-bond donors (Lipinski definition) is 2. The van der Waals surface area contributed by atoms with Gasteiger partial charge in [0.05, 0.1) is 16.6 Å². The van der Waals surface area contributed by atoms with Crippen molar-refractivity contribution in [3.05, 3.63) is 68.5 Å². The van der Waals surface area contributed by atoms with Crippen molar-refractivity contribution < 1.29 is 24.5 Å². The van der Waals surface area contributed by atoms with Crippen LogP contribution in [-0.4, -0.2) is 39.4 Å². The van der Waals surface area contributed by atoms with Gasteiger partial charge in [0.25, 0.3) is 5.91 Å². The van der Waals surface area contributed by atoms with E-state index in [2.05, 4.69) is 5.10 Å². The van der Waals surface area contributed by atoms with E-state index in [-0.39, 0.29) is 17.4 Å². The Hall–Kier alpha value is -3.17. The molecule has 0 saturated carbocycles. The molecule has 29 heavy (non-hydrogen) atoms. The summed E-state index contributed by atoms with van der Waals surface area (Å²) in [6, 6.07) is 11.0. The number of hydrogen-bond acceptors (Lipinski definition) is 8. The van der Waals surface area contributed by atoms with Crippen molar-refractivity contribution >= 4 is 40.3 Å². The molecule has 4 rings (SSSR count). The molecule has 7 nitrogen and oxygen atoms in total. The van der Waals surface area contributed by atoms with Gasteiger partial charge in [0, 0.05) is 17.4 Å². The third-order valence-electron chi connectivity index (χ3n) is 4.37. The monoisotopic (exact) mass is 428 g/mol. The first-order chi connectivity index (χ1) is 14.0. The second kappa shape index (κ2) is 8.06. The van der Waals surface area contributed by atoms with Crippen LogP contribution in [0.15, 0.2) is 58.3 Å². The van der Waals surface area contributed by atoms with E-state index in [9.17, 15) is 19.8 Å². The number of aromatic hydroxyl groups is 2. The minimum atomic E-state index is -0.856. The fraction of sp³-hybridized carbons (Fsp3) is 0.150. The molecule has 0 bridgehead atoms. The minimum absolute atomic E-state index is 0.130. The molecule has 9 heteroatoms. The van der Waals surface area contributed by atoms with E-state index in [1.807, 2.05) is 35.0 Å². The number of nitrogens with zero attached hydrogens (tertiary/aromatic N) is 2. The number of amides is 1. The highest BCUT2D eigenvalue weighted by Gasteiger charge is 2.34. The number of hydrazone groups is 1. The smallest absolute Gasteiger partial charge is 0.342 e. The highest BCUT2D eigenvalue weighted by atomic mass is 32.1. The van der Waals surface area contributed by atoms with Crippen LogP contribution in [0, 0.1) is 0 Å². The van der Waals surface area contributed by atoms with Gasteiger partial charge in [-0.05, 0) is 35.0 Å². The maximum atomic E-state index is 12.8. The summed E-state index contributed by atoms with van der Waals surface area (Å²) in [5.41, 5.74) is 0.684. The number of thiophene rings is 2. The van der Waals surface area contributed by atoms with E-state index in [0.29, 0.717) is 6.42 Å². The fourth-order valence-electron chi connectivity index (χ4n) is 3.00. The number of ether oxygens (including phenoxy) is 1. The average Bonchev–Trinajstić information content (AvgIpc) is 3.46. The van der Waals surface area contributed by atoms with Crippen LogP contribution in [0.5, 0.6) is 11.5 Å². The SMILES string of the molecule is O=C(OCC(=O)N1N=C(c2cccs2)CC1c1cccs1)c1ccc(O)cc1O. The van der Waals surface area contributed by atoms with E-state index < -0.39 is 24.2 Å². The molecule has 1 aliphatic heterocycles. The van der Waals surface area contributed by atoms with Crippen LogP contribution in [0.1, 0.15) is 32.6 Å². The summed E-state index contributed by atoms with van der Waals surface area (Å²) in [5.74, 6) is -1.91. The maximum Gasteiger partial charge on any atom is 0.342 e. The van der Waals surface area contributed by atoms with Gasteiger partial charge in [-0.25, -0.2) is 9.80 Å². The number of carbonyl (C=O) groups excluding carboxylic acids is 2. The number of benzene rings is 1. The molecular weight excluding hydrogens is 412 g/mol. The Labute approximate surface area is 174 Å². The third kappa shape index (κ3) is 4.01. The number of phenols is 2. The molecule has 1 aliphatic rings. The summed E-state index contributed by atoms with van der Waals surface area (Å²) in [7, 11) is 0. The Balaban J connectivity index is 1.50. The molecule has 1 amide bonds. The van der Waals surface area contributed by atoms with E-state index in [0.717, 1.165) is 21.5 Å². The Morgan fingerprint density at radius 2 is 1.93 bits per heavy atom. The van der Waals surface area contributed by atoms with Crippen molar-refractivity contribution in [2.24, 2.45) is 5.10 Å². The average molecular weight is 428 g/mol. The van der Waals surface area contributed by atoms with Crippen molar-refractivity contribution in [1.82, 2.24) is 5.01 Å². The summed E-state index contributed by atoms with van der Waals surface area (Å²) >= 11 is 3.09. The highest BCUT2D eigenvalue weighted by Crippen LogP contribution is 2.36. The predicted octanol–water partition coefficient (Wildman–Crippen LogP) is 3.76. The summed E-state index contributed by atoms with van der Waals surface area (Å²) in [4.78, 5) is 27.0. The maximum absolute atomic E-state index is 12.8. The summed E-state index contributed by atoms with van der Waals surface area (Å²) in [6.45, 7) is -0.512. The topological polar surface area (TPSA) is 99.4 Å². The lowest BCUT2D eigenvalue weighted by Crippen LogP contribution is -2.31. The Morgan fingerprint density at radius 3 is 2.62 bits per heavy atom. The van der Waals surface area contributed by atoms with Crippen molar-refractivity contribution in [2.45, 2.75) is 12.5 Å². The summed E-state index contributed by atoms with van der Waals surface area (Å²) < 4.78 is 5.08. The molecule has 0 fully saturated rings. The van der Waals surface area contributed by atoms with Gasteiger partial charge in [-0.1, -0.05) is 12.1 Å². The zero-order chi connectivity index (χ0) is 20.4. The number of carbonyl (C=O) groups is 2. The van der Waals surface area contributed by atoms with E-state index >= 15 is 0 Å². The second-order valence-electron chi connectivity index (χ2n) is 6.28. The zero-order valence-electron chi connectivity index (χ0n) is 15.0. The van der Waals surface area contributed by atoms with Gasteiger partial charge in [0.1, 0.15) is 17.1 Å². The third-order valence-corrected chi connectivity index (χ3v) is 6.26. The van der Waals surface area contributed by atoms with Crippen LogP contribution in [0.4, 0.5) is 0 Å². The van der Waals surface area contributed by atoms with Crippen LogP contribution >= 0.6 is 22.7 Å². The van der Waals surface area contributed by atoms with Gasteiger partial charge in [-0.2, -0.15) is 5.10 Å². The zero-order valence-corrected chi connectivity index (χ0v) is 16.7. The van der Waals surface area contributed by atoms with Gasteiger partial charge in [-0.15, -0.1) is 22.7 Å². The Morgan fingerprint density at radius 1 is 1.14 bits per heavy atom. The standard InChI is InChI=1S/C20H16N2O5S2/c23-12-5-6-13(16(24)9-12)20(26)27-11-19(25)22-15(18-4-2-8-29-18)10-14(21-22)17-3-1-7-28-17/h1-9,15,23-24H,10-11H2. The van der Waals surface area contributed by atoms with Gasteiger partial charge < -0.3 is 14.9 Å². The van der Waals surface area contributed by atoms with Crippen molar-refractivity contribution in [2.75, 3.05) is 6.61 Å². The van der Waals surface area contributed by atoms with E-state index in [4.69, 9.17) is 4.74 Å². The summed E-state index contributed by atoms with van der Waals surface area (Å²) in [5, 5.41) is 28.8. The predicted molar refractivity (Wildman–Crippen MR) is 109 cm³/mol. The molecule has 2 aromatic heterocycles. The molecule has 3 aromatic rings. The highest BCUT2D eigenvalue weighted by molar-refractivity contribution is 7.12. The lowest BCUT2D eigenvalue weighted by atomic mass is 10.1. The lowest BCUT2D eigenvalue weighted by Gasteiger charge is -2.20. The van der Waals surface area contributed by atoms with Gasteiger partial charge in [0.15, 0.2) is 6.61 Å². The molecule has 1 aromatic carbocycles. The first kappa shape index (κ1) is 19.2. The van der Waals surface area contributed by atoms with E-state index in [1.54, 1.807) is 11.3 Å². The van der Waals surface area contributed by atoms with Crippen LogP contribution in [0.2, 0.25) is 0 Å². The minimum Gasteiger partial charge on any atom is -0.508 e. The molecule has 148 valence electrons. The lowest BCUT2D eigenvalue weighted by molar-refractivity contribution is -0.136. The number of esters is 1. The largest absolute Gasteiger partial charge is 0.508 e. The molecule has 2 N–H and O–H groups in total. The van der Waals surface area contributed by atoms with E-state index in [1.165, 1.54) is 28.5 Å². The second-order valence-corrected chi connectivity index (χ2v) is 8.20. The van der Waals surface area contributed by atoms with Gasteiger partial charge in [-0.3, -0.25) is 4.79 Å². The van der Waals surface area contributed by atoms with Gasteiger partial charge in [0.2, 0.25) is 0 Å². The molecule has 1 unspecified atom stereocenters. The molecule has 3 heterocycles. The molecule has 0 spiro atoms. The summed E-state index contributed by atoms with van der Waals surface area (Å²) in [6.07, 6.45) is 0.583. The number of phenolic OH excluding ortho intramolecular Hbond substituents is 2. The van der Waals surface area contributed by atoms with Crippen LogP contribution in [-0.2, 0) is 9.53 Å². The number of rotatable bonds is 5. The first-order valence-corrected chi connectivity index (χ1v) is 10.4. The molecular formula is C20H16N2O5S2. The molecule has 0 radical (unpaired) electrons. The fourth-order valence-corrected chi connectivity index (χ4v) is 4.53. The first-order valence-electron chi connectivity index (χ1n) is 8.69. The Bertz CT molecular complexity index is 1060. The molecule has 0 aliphatic carbocycles. The van der Waals surface area contributed by atoms with Crippen molar-refractivity contribution in [3.63, 3.8) is 0 Å². The van der Waals surface area contributed by atoms with Crippen LogP contribution in [0.3, 0.4) is 0 Å². The normalized spacial score (nSPS) is 15.9. The Kier molecular flexibility index (Phi) is 5.32. The van der Waals surface area contributed by atoms with Crippen LogP contribution in [0.25, 0.3) is 0 Å². The quantitative estimate of drug-likeness (QED) is 0.603. The molecule has 0 saturated heterocycles. The van der Waals surface area contributed by atoms with Gasteiger partial charge >= 0.3 is 5.97 Å².